The van der Waals surface area contributed by atoms with Gasteiger partial charge < -0.3 is 14.8 Å². The summed E-state index contributed by atoms with van der Waals surface area (Å²) in [6.07, 6.45) is 4.78. The molecule has 0 aliphatic rings. The van der Waals surface area contributed by atoms with Crippen LogP contribution in [0.2, 0.25) is 0 Å². The summed E-state index contributed by atoms with van der Waals surface area (Å²) in [5.41, 5.74) is 0.571. The molecular formula is C14H14N2O4S. The largest absolute Gasteiger partial charge is 0.478 e. The van der Waals surface area contributed by atoms with Crippen LogP contribution in [-0.4, -0.2) is 22.0 Å². The molecule has 6 nitrogen and oxygen atoms in total. The van der Waals surface area contributed by atoms with Gasteiger partial charge in [0.15, 0.2) is 0 Å². The quantitative estimate of drug-likeness (QED) is 0.799. The van der Waals surface area contributed by atoms with Gasteiger partial charge in [0.1, 0.15) is 5.76 Å². The topological polar surface area (TPSA) is 92.4 Å². The zero-order valence-electron chi connectivity index (χ0n) is 11.3. The third kappa shape index (κ3) is 4.03. The highest BCUT2D eigenvalue weighted by Crippen LogP contribution is 2.18. The van der Waals surface area contributed by atoms with Crippen molar-refractivity contribution in [3.8, 4) is 0 Å². The van der Waals surface area contributed by atoms with Gasteiger partial charge in [-0.05, 0) is 23.1 Å². The molecular weight excluding hydrogens is 292 g/mol. The van der Waals surface area contributed by atoms with E-state index in [2.05, 4.69) is 10.3 Å². The van der Waals surface area contributed by atoms with Gasteiger partial charge in [0, 0.05) is 12.5 Å². The summed E-state index contributed by atoms with van der Waals surface area (Å²) in [5, 5.41) is 13.0. The maximum atomic E-state index is 12.1. The van der Waals surface area contributed by atoms with Crippen molar-refractivity contribution >= 4 is 29.3 Å². The number of nitrogens with one attached hydrogen (secondary N) is 1. The Morgan fingerprint density at radius 3 is 3.00 bits per heavy atom. The SMILES string of the molecule is CCc1cnc(CNC(=O)c2sccc2/C=C/C(=O)O)o1. The Hall–Kier alpha value is -2.41. The van der Waals surface area contributed by atoms with Gasteiger partial charge in [0.2, 0.25) is 5.89 Å². The molecule has 0 saturated heterocycles. The summed E-state index contributed by atoms with van der Waals surface area (Å²) >= 11 is 1.25. The number of rotatable bonds is 6. The van der Waals surface area contributed by atoms with Crippen LogP contribution >= 0.6 is 11.3 Å². The van der Waals surface area contributed by atoms with Gasteiger partial charge in [0.05, 0.1) is 17.6 Å². The Kier molecular flexibility index (Phi) is 4.89. The zero-order valence-corrected chi connectivity index (χ0v) is 12.1. The van der Waals surface area contributed by atoms with Crippen molar-refractivity contribution in [1.82, 2.24) is 10.3 Å². The first-order valence-corrected chi connectivity index (χ1v) is 7.18. The molecule has 2 heterocycles. The van der Waals surface area contributed by atoms with Gasteiger partial charge in [-0.15, -0.1) is 11.3 Å². The van der Waals surface area contributed by atoms with Gasteiger partial charge in [-0.25, -0.2) is 9.78 Å². The maximum Gasteiger partial charge on any atom is 0.328 e. The average Bonchev–Trinajstić information content (AvgIpc) is 3.11. The van der Waals surface area contributed by atoms with Crippen molar-refractivity contribution in [3.05, 3.63) is 45.8 Å². The molecule has 0 aromatic carbocycles. The summed E-state index contributed by atoms with van der Waals surface area (Å²) in [7, 11) is 0. The maximum absolute atomic E-state index is 12.1. The van der Waals surface area contributed by atoms with Crippen LogP contribution in [0.25, 0.3) is 6.08 Å². The van der Waals surface area contributed by atoms with E-state index in [0.29, 0.717) is 16.3 Å². The van der Waals surface area contributed by atoms with Gasteiger partial charge in [0.25, 0.3) is 5.91 Å². The summed E-state index contributed by atoms with van der Waals surface area (Å²) < 4.78 is 5.40. The minimum Gasteiger partial charge on any atom is -0.478 e. The third-order valence-electron chi connectivity index (χ3n) is 2.66. The summed E-state index contributed by atoms with van der Waals surface area (Å²) in [5.74, 6) is -0.134. The highest BCUT2D eigenvalue weighted by Gasteiger charge is 2.12. The molecule has 21 heavy (non-hydrogen) atoms. The Morgan fingerprint density at radius 2 is 2.33 bits per heavy atom. The van der Waals surface area contributed by atoms with E-state index in [-0.39, 0.29) is 12.5 Å². The van der Waals surface area contributed by atoms with Crippen molar-refractivity contribution in [2.75, 3.05) is 0 Å². The minimum atomic E-state index is -1.06. The second kappa shape index (κ2) is 6.85. The standard InChI is InChI=1S/C14H14N2O4S/c1-2-10-7-15-11(20-10)8-16-14(19)13-9(5-6-21-13)3-4-12(17)18/h3-7H,2,8H2,1H3,(H,16,19)(H,17,18)/b4-3+. The molecule has 2 N–H and O–H groups in total. The van der Waals surface area contributed by atoms with Gasteiger partial charge in [-0.3, -0.25) is 4.79 Å². The Balaban J connectivity index is 2.00. The molecule has 0 aliphatic carbocycles. The molecule has 0 aliphatic heterocycles. The van der Waals surface area contributed by atoms with E-state index in [4.69, 9.17) is 9.52 Å². The molecule has 0 saturated carbocycles. The molecule has 0 bridgehead atoms. The van der Waals surface area contributed by atoms with Crippen molar-refractivity contribution in [3.63, 3.8) is 0 Å². The molecule has 2 aromatic heterocycles. The summed E-state index contributed by atoms with van der Waals surface area (Å²) in [4.78, 5) is 27.1. The highest BCUT2D eigenvalue weighted by atomic mass is 32.1. The van der Waals surface area contributed by atoms with E-state index >= 15 is 0 Å². The second-order valence-corrected chi connectivity index (χ2v) is 5.05. The molecule has 0 atom stereocenters. The molecule has 2 rings (SSSR count). The van der Waals surface area contributed by atoms with Crippen LogP contribution in [-0.2, 0) is 17.8 Å². The Bertz CT molecular complexity index is 672. The Morgan fingerprint density at radius 1 is 1.52 bits per heavy atom. The fraction of sp³-hybridized carbons (Fsp3) is 0.214. The number of oxazole rings is 1. The number of hydrogen-bond acceptors (Lipinski definition) is 5. The van der Waals surface area contributed by atoms with E-state index in [1.54, 1.807) is 17.6 Å². The van der Waals surface area contributed by atoms with E-state index in [1.807, 2.05) is 6.92 Å². The fourth-order valence-electron chi connectivity index (χ4n) is 1.63. The number of aliphatic carboxylic acids is 1. The molecule has 0 fully saturated rings. The summed E-state index contributed by atoms with van der Waals surface area (Å²) in [6.45, 7) is 2.15. The number of carbonyl (C=O) groups excluding carboxylic acids is 1. The normalized spacial score (nSPS) is 10.9. The average molecular weight is 306 g/mol. The fourth-order valence-corrected chi connectivity index (χ4v) is 2.43. The molecule has 0 spiro atoms. The highest BCUT2D eigenvalue weighted by molar-refractivity contribution is 7.12. The number of aryl methyl sites for hydroxylation is 1. The lowest BCUT2D eigenvalue weighted by molar-refractivity contribution is -0.131. The van der Waals surface area contributed by atoms with Crippen LogP contribution in [0.1, 0.15) is 33.8 Å². The number of thiophene rings is 1. The second-order valence-electron chi connectivity index (χ2n) is 4.13. The van der Waals surface area contributed by atoms with Crippen LogP contribution < -0.4 is 5.32 Å². The predicted molar refractivity (Wildman–Crippen MR) is 78.0 cm³/mol. The van der Waals surface area contributed by atoms with Crippen molar-refractivity contribution < 1.29 is 19.1 Å². The van der Waals surface area contributed by atoms with Crippen LogP contribution in [0.15, 0.2) is 28.1 Å². The minimum absolute atomic E-state index is 0.193. The van der Waals surface area contributed by atoms with Crippen molar-refractivity contribution in [1.29, 1.82) is 0 Å². The molecule has 110 valence electrons. The lowest BCUT2D eigenvalue weighted by Crippen LogP contribution is -2.22. The van der Waals surface area contributed by atoms with Gasteiger partial charge in [-0.1, -0.05) is 6.92 Å². The smallest absolute Gasteiger partial charge is 0.328 e. The zero-order chi connectivity index (χ0) is 15.2. The van der Waals surface area contributed by atoms with E-state index in [9.17, 15) is 9.59 Å². The van der Waals surface area contributed by atoms with Crippen LogP contribution in [0.3, 0.4) is 0 Å². The number of carboxylic acid groups (broad SMARTS) is 1. The number of carbonyl (C=O) groups is 2. The van der Waals surface area contributed by atoms with E-state index in [0.717, 1.165) is 18.3 Å². The monoisotopic (exact) mass is 306 g/mol. The first-order valence-electron chi connectivity index (χ1n) is 6.30. The molecule has 0 radical (unpaired) electrons. The number of aromatic nitrogens is 1. The number of hydrogen-bond donors (Lipinski definition) is 2. The van der Waals surface area contributed by atoms with E-state index in [1.165, 1.54) is 17.4 Å². The van der Waals surface area contributed by atoms with Crippen molar-refractivity contribution in [2.45, 2.75) is 19.9 Å². The van der Waals surface area contributed by atoms with Crippen molar-refractivity contribution in [2.24, 2.45) is 0 Å². The molecule has 7 heteroatoms. The number of nitrogens with zero attached hydrogens (tertiary/aromatic N) is 1. The lowest BCUT2D eigenvalue weighted by Gasteiger charge is -2.01. The predicted octanol–water partition coefficient (Wildman–Crippen LogP) is 2.33. The van der Waals surface area contributed by atoms with Crippen LogP contribution in [0, 0.1) is 0 Å². The molecule has 0 unspecified atom stereocenters. The third-order valence-corrected chi connectivity index (χ3v) is 3.59. The Labute approximate surface area is 125 Å². The lowest BCUT2D eigenvalue weighted by atomic mass is 10.2. The van der Waals surface area contributed by atoms with E-state index < -0.39 is 5.97 Å². The molecule has 1 amide bonds. The van der Waals surface area contributed by atoms with Gasteiger partial charge in [-0.2, -0.15) is 0 Å². The van der Waals surface area contributed by atoms with Crippen LogP contribution in [0.5, 0.6) is 0 Å². The number of amides is 1. The first kappa shape index (κ1) is 15.0. The van der Waals surface area contributed by atoms with Gasteiger partial charge >= 0.3 is 5.97 Å². The number of carboxylic acids is 1. The first-order chi connectivity index (χ1) is 10.1. The summed E-state index contributed by atoms with van der Waals surface area (Å²) in [6, 6.07) is 1.69. The van der Waals surface area contributed by atoms with Crippen LogP contribution in [0.4, 0.5) is 0 Å². The molecule has 2 aromatic rings.